The molecule has 3 heteroatoms. The minimum atomic E-state index is -0.377. The Morgan fingerprint density at radius 3 is 2.32 bits per heavy atom. The largest absolute Gasteiger partial charge is 0.323 e. The minimum Gasteiger partial charge on any atom is -0.323 e. The molecule has 3 nitrogen and oxygen atoms in total. The van der Waals surface area contributed by atoms with Crippen molar-refractivity contribution in [3.05, 3.63) is 35.9 Å². The highest BCUT2D eigenvalue weighted by Crippen LogP contribution is 2.24. The molecule has 1 atom stereocenters. The number of nitrogens with zero attached hydrogens (tertiary/aromatic N) is 2. The van der Waals surface area contributed by atoms with Crippen molar-refractivity contribution in [2.75, 3.05) is 0 Å². The van der Waals surface area contributed by atoms with E-state index in [1.54, 1.807) is 4.90 Å². The van der Waals surface area contributed by atoms with Gasteiger partial charge in [-0.05, 0) is 17.4 Å². The molecule has 1 amide bonds. The standard InChI is InChI=1S/C16H22N2O/c1-13(19)18(12-14-8-6-5-7-9-14)15(11-17)10-16(2,3)4/h5-9,15H,10,12H2,1-4H3/t15-/m0/s1. The van der Waals surface area contributed by atoms with Gasteiger partial charge in [0.25, 0.3) is 0 Å². The lowest BCUT2D eigenvalue weighted by Crippen LogP contribution is -2.39. The second-order valence-electron chi connectivity index (χ2n) is 6.04. The molecule has 102 valence electrons. The van der Waals surface area contributed by atoms with Crippen LogP contribution < -0.4 is 0 Å². The molecule has 0 spiro atoms. The summed E-state index contributed by atoms with van der Waals surface area (Å²) in [4.78, 5) is 13.5. The van der Waals surface area contributed by atoms with Gasteiger partial charge in [0, 0.05) is 13.5 Å². The van der Waals surface area contributed by atoms with Gasteiger partial charge in [0.15, 0.2) is 0 Å². The van der Waals surface area contributed by atoms with Crippen LogP contribution in [0.2, 0.25) is 0 Å². The van der Waals surface area contributed by atoms with E-state index in [0.29, 0.717) is 13.0 Å². The molecule has 0 radical (unpaired) electrons. The van der Waals surface area contributed by atoms with Crippen LogP contribution in [0.3, 0.4) is 0 Å². The molecule has 1 aromatic rings. The first-order valence-electron chi connectivity index (χ1n) is 6.54. The van der Waals surface area contributed by atoms with Crippen LogP contribution in [0.25, 0.3) is 0 Å². The van der Waals surface area contributed by atoms with Gasteiger partial charge in [0.05, 0.1) is 6.07 Å². The van der Waals surface area contributed by atoms with Gasteiger partial charge in [-0.15, -0.1) is 0 Å². The molecular weight excluding hydrogens is 236 g/mol. The number of amides is 1. The molecule has 0 aliphatic rings. The van der Waals surface area contributed by atoms with Crippen molar-refractivity contribution in [2.45, 2.75) is 46.7 Å². The van der Waals surface area contributed by atoms with Crippen molar-refractivity contribution >= 4 is 5.91 Å². The highest BCUT2D eigenvalue weighted by molar-refractivity contribution is 5.74. The zero-order valence-electron chi connectivity index (χ0n) is 12.2. The van der Waals surface area contributed by atoms with Crippen LogP contribution in [0, 0.1) is 16.7 Å². The maximum atomic E-state index is 11.8. The molecule has 0 bridgehead atoms. The van der Waals surface area contributed by atoms with Gasteiger partial charge in [0.2, 0.25) is 5.91 Å². The molecular formula is C16H22N2O. The van der Waals surface area contributed by atoms with E-state index < -0.39 is 0 Å². The predicted octanol–water partition coefficient (Wildman–Crippen LogP) is 3.36. The Kier molecular flexibility index (Phi) is 5.11. The number of benzene rings is 1. The van der Waals surface area contributed by atoms with Crippen molar-refractivity contribution in [1.82, 2.24) is 4.90 Å². The van der Waals surface area contributed by atoms with E-state index in [0.717, 1.165) is 5.56 Å². The third-order valence-electron chi connectivity index (χ3n) is 2.93. The first kappa shape index (κ1) is 15.2. The fourth-order valence-electron chi connectivity index (χ4n) is 2.03. The Bertz CT molecular complexity index is 454. The summed E-state index contributed by atoms with van der Waals surface area (Å²) in [5.41, 5.74) is 1.07. The summed E-state index contributed by atoms with van der Waals surface area (Å²) in [7, 11) is 0. The Balaban J connectivity index is 2.88. The highest BCUT2D eigenvalue weighted by Gasteiger charge is 2.26. The molecule has 0 N–H and O–H groups in total. The monoisotopic (exact) mass is 258 g/mol. The lowest BCUT2D eigenvalue weighted by molar-refractivity contribution is -0.131. The normalized spacial score (nSPS) is 12.6. The zero-order chi connectivity index (χ0) is 14.5. The summed E-state index contributed by atoms with van der Waals surface area (Å²) in [6, 6.07) is 11.7. The molecule has 0 heterocycles. The number of rotatable bonds is 4. The lowest BCUT2D eigenvalue weighted by atomic mass is 9.88. The molecule has 0 saturated carbocycles. The van der Waals surface area contributed by atoms with E-state index in [2.05, 4.69) is 26.8 Å². The molecule has 1 aromatic carbocycles. The summed E-state index contributed by atoms with van der Waals surface area (Å²) in [6.07, 6.45) is 0.677. The van der Waals surface area contributed by atoms with Crippen molar-refractivity contribution in [3.8, 4) is 6.07 Å². The summed E-state index contributed by atoms with van der Waals surface area (Å²) >= 11 is 0. The van der Waals surface area contributed by atoms with Gasteiger partial charge in [-0.3, -0.25) is 4.79 Å². The van der Waals surface area contributed by atoms with Crippen molar-refractivity contribution in [3.63, 3.8) is 0 Å². The van der Waals surface area contributed by atoms with Gasteiger partial charge in [-0.2, -0.15) is 5.26 Å². The lowest BCUT2D eigenvalue weighted by Gasteiger charge is -2.31. The number of hydrogen-bond acceptors (Lipinski definition) is 2. The molecule has 0 saturated heterocycles. The Labute approximate surface area is 115 Å². The summed E-state index contributed by atoms with van der Waals surface area (Å²) in [5, 5.41) is 9.34. The topological polar surface area (TPSA) is 44.1 Å². The van der Waals surface area contributed by atoms with Crippen LogP contribution >= 0.6 is 0 Å². The summed E-state index contributed by atoms with van der Waals surface area (Å²) < 4.78 is 0. The second kappa shape index (κ2) is 6.38. The van der Waals surface area contributed by atoms with E-state index in [9.17, 15) is 10.1 Å². The molecule has 0 aromatic heterocycles. The van der Waals surface area contributed by atoms with E-state index in [4.69, 9.17) is 0 Å². The summed E-state index contributed by atoms with van der Waals surface area (Å²) in [6.45, 7) is 8.26. The van der Waals surface area contributed by atoms with E-state index in [1.807, 2.05) is 30.3 Å². The van der Waals surface area contributed by atoms with Gasteiger partial charge >= 0.3 is 0 Å². The van der Waals surface area contributed by atoms with Crippen LogP contribution in [0.4, 0.5) is 0 Å². The summed E-state index contributed by atoms with van der Waals surface area (Å²) in [5.74, 6) is -0.0559. The van der Waals surface area contributed by atoms with E-state index >= 15 is 0 Å². The van der Waals surface area contributed by atoms with Gasteiger partial charge in [-0.25, -0.2) is 0 Å². The average molecular weight is 258 g/mol. The average Bonchev–Trinajstić information content (AvgIpc) is 2.33. The van der Waals surface area contributed by atoms with Gasteiger partial charge < -0.3 is 4.90 Å². The third kappa shape index (κ3) is 5.13. The third-order valence-corrected chi connectivity index (χ3v) is 2.93. The van der Waals surface area contributed by atoms with Gasteiger partial charge in [0.1, 0.15) is 6.04 Å². The molecule has 19 heavy (non-hydrogen) atoms. The fourth-order valence-corrected chi connectivity index (χ4v) is 2.03. The fraction of sp³-hybridized carbons (Fsp3) is 0.500. The first-order valence-corrected chi connectivity index (χ1v) is 6.54. The minimum absolute atomic E-state index is 0.0186. The number of nitriles is 1. The number of carbonyl (C=O) groups excluding carboxylic acids is 1. The van der Waals surface area contributed by atoms with E-state index in [-0.39, 0.29) is 17.4 Å². The SMILES string of the molecule is CC(=O)N(Cc1ccccc1)[C@H](C#N)CC(C)(C)C. The number of carbonyl (C=O) groups is 1. The maximum Gasteiger partial charge on any atom is 0.220 e. The van der Waals surface area contributed by atoms with Crippen molar-refractivity contribution in [2.24, 2.45) is 5.41 Å². The van der Waals surface area contributed by atoms with Crippen LogP contribution in [0.1, 0.15) is 39.7 Å². The number of hydrogen-bond donors (Lipinski definition) is 0. The van der Waals surface area contributed by atoms with Crippen LogP contribution in [-0.4, -0.2) is 16.8 Å². The Morgan fingerprint density at radius 1 is 1.32 bits per heavy atom. The molecule has 0 aliphatic heterocycles. The molecule has 0 unspecified atom stereocenters. The first-order chi connectivity index (χ1) is 8.83. The Morgan fingerprint density at radius 2 is 1.89 bits per heavy atom. The van der Waals surface area contributed by atoms with E-state index in [1.165, 1.54) is 6.92 Å². The van der Waals surface area contributed by atoms with Gasteiger partial charge in [-0.1, -0.05) is 51.1 Å². The van der Waals surface area contributed by atoms with Crippen LogP contribution in [0.5, 0.6) is 0 Å². The maximum absolute atomic E-state index is 11.8. The van der Waals surface area contributed by atoms with Crippen molar-refractivity contribution < 1.29 is 4.79 Å². The quantitative estimate of drug-likeness (QED) is 0.831. The van der Waals surface area contributed by atoms with Crippen LogP contribution in [0.15, 0.2) is 30.3 Å². The molecule has 0 fully saturated rings. The Hall–Kier alpha value is -1.82. The predicted molar refractivity (Wildman–Crippen MR) is 76.1 cm³/mol. The van der Waals surface area contributed by atoms with Crippen molar-refractivity contribution in [1.29, 1.82) is 5.26 Å². The highest BCUT2D eigenvalue weighted by atomic mass is 16.2. The smallest absolute Gasteiger partial charge is 0.220 e. The molecule has 1 rings (SSSR count). The second-order valence-corrected chi connectivity index (χ2v) is 6.04. The van der Waals surface area contributed by atoms with Crippen LogP contribution in [-0.2, 0) is 11.3 Å². The molecule has 0 aliphatic carbocycles. The zero-order valence-corrected chi connectivity index (χ0v) is 12.2.